The van der Waals surface area contributed by atoms with E-state index in [1.807, 2.05) is 12.1 Å². The van der Waals surface area contributed by atoms with Crippen molar-refractivity contribution in [3.05, 3.63) is 63.7 Å². The largest absolute Gasteiger partial charge is 0.508 e. The Kier molecular flexibility index (Phi) is 3.66. The molecule has 5 heteroatoms. The molecule has 0 atom stereocenters. The van der Waals surface area contributed by atoms with Gasteiger partial charge in [0.15, 0.2) is 0 Å². The lowest BCUT2D eigenvalue weighted by Crippen LogP contribution is -2.01. The number of phenols is 1. The number of hydrogen-bond donors (Lipinski definition) is 2. The van der Waals surface area contributed by atoms with Crippen LogP contribution in [0.25, 0.3) is 0 Å². The Labute approximate surface area is 110 Å². The summed E-state index contributed by atoms with van der Waals surface area (Å²) >= 11 is 0. The van der Waals surface area contributed by atoms with Gasteiger partial charge in [-0.1, -0.05) is 18.2 Å². The number of hydrogen-bond acceptors (Lipinski definition) is 4. The van der Waals surface area contributed by atoms with Crippen molar-refractivity contribution in [2.24, 2.45) is 0 Å². The third kappa shape index (κ3) is 3.01. The highest BCUT2D eigenvalue weighted by molar-refractivity contribution is 5.55. The summed E-state index contributed by atoms with van der Waals surface area (Å²) in [4.78, 5) is 10.2. The number of para-hydroxylation sites is 1. The van der Waals surface area contributed by atoms with Crippen LogP contribution >= 0.6 is 0 Å². The van der Waals surface area contributed by atoms with E-state index in [4.69, 9.17) is 0 Å². The number of benzene rings is 2. The smallest absolute Gasteiger partial charge is 0.269 e. The Bertz CT molecular complexity index is 611. The van der Waals surface area contributed by atoms with Crippen molar-refractivity contribution in [1.82, 2.24) is 0 Å². The zero-order valence-corrected chi connectivity index (χ0v) is 10.5. The summed E-state index contributed by atoms with van der Waals surface area (Å²) in [5.74, 6) is 0.231. The first-order valence-electron chi connectivity index (χ1n) is 5.83. The highest BCUT2D eigenvalue weighted by atomic mass is 16.6. The molecule has 0 radical (unpaired) electrons. The van der Waals surface area contributed by atoms with Crippen molar-refractivity contribution < 1.29 is 10.0 Å². The molecular weight excluding hydrogens is 244 g/mol. The van der Waals surface area contributed by atoms with Gasteiger partial charge in [0.25, 0.3) is 5.69 Å². The summed E-state index contributed by atoms with van der Waals surface area (Å²) in [6.45, 7) is 2.27. The fraction of sp³-hybridized carbons (Fsp3) is 0.143. The summed E-state index contributed by atoms with van der Waals surface area (Å²) in [6, 6.07) is 11.7. The van der Waals surface area contributed by atoms with Crippen molar-refractivity contribution in [2.75, 3.05) is 5.32 Å². The van der Waals surface area contributed by atoms with Gasteiger partial charge in [0, 0.05) is 29.9 Å². The second-order valence-corrected chi connectivity index (χ2v) is 4.24. The Morgan fingerprint density at radius 2 is 2.00 bits per heavy atom. The number of phenolic OH excluding ortho intramolecular Hbond substituents is 1. The van der Waals surface area contributed by atoms with Crippen molar-refractivity contribution in [3.63, 3.8) is 0 Å². The van der Waals surface area contributed by atoms with Crippen molar-refractivity contribution >= 4 is 11.4 Å². The van der Waals surface area contributed by atoms with Gasteiger partial charge in [0.2, 0.25) is 0 Å². The van der Waals surface area contributed by atoms with Crippen LogP contribution < -0.4 is 5.32 Å². The number of nitro benzene ring substituents is 1. The second kappa shape index (κ2) is 5.39. The average Bonchev–Trinajstić information content (AvgIpc) is 2.39. The number of aryl methyl sites for hydroxylation is 1. The molecule has 0 saturated heterocycles. The van der Waals surface area contributed by atoms with Crippen LogP contribution in [0.3, 0.4) is 0 Å². The first-order chi connectivity index (χ1) is 9.08. The Hall–Kier alpha value is -2.56. The maximum absolute atomic E-state index is 10.6. The normalized spacial score (nSPS) is 10.2. The van der Waals surface area contributed by atoms with Crippen molar-refractivity contribution in [2.45, 2.75) is 13.5 Å². The van der Waals surface area contributed by atoms with Gasteiger partial charge in [-0.15, -0.1) is 0 Å². The summed E-state index contributed by atoms with van der Waals surface area (Å²) in [5.41, 5.74) is 2.46. The molecule has 0 aliphatic rings. The molecule has 2 aromatic carbocycles. The topological polar surface area (TPSA) is 75.4 Å². The summed E-state index contributed by atoms with van der Waals surface area (Å²) in [6.07, 6.45) is 0. The molecule has 2 aromatic rings. The molecule has 0 unspecified atom stereocenters. The van der Waals surface area contributed by atoms with E-state index in [0.29, 0.717) is 6.54 Å². The molecule has 0 saturated carbocycles. The molecule has 0 heterocycles. The SMILES string of the molecule is Cc1cc([N+](=O)[O-])ccc1NCc1ccccc1O. The third-order valence-corrected chi connectivity index (χ3v) is 2.88. The molecule has 98 valence electrons. The maximum atomic E-state index is 10.6. The minimum Gasteiger partial charge on any atom is -0.508 e. The van der Waals surface area contributed by atoms with Gasteiger partial charge in [-0.25, -0.2) is 0 Å². The predicted molar refractivity (Wildman–Crippen MR) is 73.3 cm³/mol. The zero-order valence-electron chi connectivity index (χ0n) is 10.5. The van der Waals surface area contributed by atoms with Crippen LogP contribution in [-0.4, -0.2) is 10.0 Å². The lowest BCUT2D eigenvalue weighted by Gasteiger charge is -2.10. The van der Waals surface area contributed by atoms with Crippen LogP contribution in [0.4, 0.5) is 11.4 Å². The third-order valence-electron chi connectivity index (χ3n) is 2.88. The van der Waals surface area contributed by atoms with Crippen LogP contribution in [0.1, 0.15) is 11.1 Å². The number of anilines is 1. The van der Waals surface area contributed by atoms with Crippen LogP contribution in [0, 0.1) is 17.0 Å². The maximum Gasteiger partial charge on any atom is 0.269 e. The minimum atomic E-state index is -0.417. The lowest BCUT2D eigenvalue weighted by molar-refractivity contribution is -0.384. The van der Waals surface area contributed by atoms with Crippen molar-refractivity contribution in [3.8, 4) is 5.75 Å². The monoisotopic (exact) mass is 258 g/mol. The quantitative estimate of drug-likeness (QED) is 0.652. The molecule has 0 aliphatic heterocycles. The standard InChI is InChI=1S/C14H14N2O3/c1-10-8-12(16(18)19)6-7-13(10)15-9-11-4-2-3-5-14(11)17/h2-8,15,17H,9H2,1H3. The summed E-state index contributed by atoms with van der Waals surface area (Å²) in [5, 5.41) is 23.4. The van der Waals surface area contributed by atoms with Gasteiger partial charge < -0.3 is 10.4 Å². The Morgan fingerprint density at radius 3 is 2.63 bits per heavy atom. The van der Waals surface area contributed by atoms with Crippen LogP contribution in [0.5, 0.6) is 5.75 Å². The number of aromatic hydroxyl groups is 1. The molecule has 19 heavy (non-hydrogen) atoms. The van der Waals surface area contributed by atoms with E-state index >= 15 is 0 Å². The lowest BCUT2D eigenvalue weighted by atomic mass is 10.1. The highest BCUT2D eigenvalue weighted by Gasteiger charge is 2.08. The molecule has 0 bridgehead atoms. The predicted octanol–water partition coefficient (Wildman–Crippen LogP) is 3.22. The molecule has 2 N–H and O–H groups in total. The van der Waals surface area contributed by atoms with Gasteiger partial charge in [0.1, 0.15) is 5.75 Å². The molecule has 0 aromatic heterocycles. The first-order valence-corrected chi connectivity index (χ1v) is 5.83. The van der Waals surface area contributed by atoms with E-state index in [-0.39, 0.29) is 11.4 Å². The molecule has 2 rings (SSSR count). The fourth-order valence-corrected chi connectivity index (χ4v) is 1.81. The van der Waals surface area contributed by atoms with E-state index in [2.05, 4.69) is 5.32 Å². The first kappa shape index (κ1) is 12.9. The van der Waals surface area contributed by atoms with Crippen LogP contribution in [0.2, 0.25) is 0 Å². The summed E-state index contributed by atoms with van der Waals surface area (Å²) in [7, 11) is 0. The van der Waals surface area contributed by atoms with E-state index in [1.165, 1.54) is 12.1 Å². The van der Waals surface area contributed by atoms with Crippen LogP contribution in [-0.2, 0) is 6.54 Å². The zero-order chi connectivity index (χ0) is 13.8. The second-order valence-electron chi connectivity index (χ2n) is 4.24. The van der Waals surface area contributed by atoms with Gasteiger partial charge in [0.05, 0.1) is 4.92 Å². The van der Waals surface area contributed by atoms with E-state index in [0.717, 1.165) is 16.8 Å². The number of nitro groups is 1. The molecule has 0 aliphatic carbocycles. The molecule has 5 nitrogen and oxygen atoms in total. The highest BCUT2D eigenvalue weighted by Crippen LogP contribution is 2.23. The average molecular weight is 258 g/mol. The van der Waals surface area contributed by atoms with Gasteiger partial charge >= 0.3 is 0 Å². The summed E-state index contributed by atoms with van der Waals surface area (Å²) < 4.78 is 0. The van der Waals surface area contributed by atoms with Gasteiger partial charge in [-0.05, 0) is 24.6 Å². The van der Waals surface area contributed by atoms with Crippen LogP contribution in [0.15, 0.2) is 42.5 Å². The molecule has 0 spiro atoms. The molecular formula is C14H14N2O3. The van der Waals surface area contributed by atoms with Gasteiger partial charge in [-0.2, -0.15) is 0 Å². The Morgan fingerprint density at radius 1 is 1.26 bits per heavy atom. The number of non-ortho nitro benzene ring substituents is 1. The van der Waals surface area contributed by atoms with E-state index in [1.54, 1.807) is 25.1 Å². The fourth-order valence-electron chi connectivity index (χ4n) is 1.81. The van der Waals surface area contributed by atoms with Gasteiger partial charge in [-0.3, -0.25) is 10.1 Å². The number of nitrogens with zero attached hydrogens (tertiary/aromatic N) is 1. The van der Waals surface area contributed by atoms with E-state index < -0.39 is 4.92 Å². The van der Waals surface area contributed by atoms with E-state index in [9.17, 15) is 15.2 Å². The Balaban J connectivity index is 2.12. The number of rotatable bonds is 4. The van der Waals surface area contributed by atoms with Crippen molar-refractivity contribution in [1.29, 1.82) is 0 Å². The molecule has 0 amide bonds. The number of nitrogens with one attached hydrogen (secondary N) is 1. The molecule has 0 fully saturated rings. The minimum absolute atomic E-state index is 0.0746.